The van der Waals surface area contributed by atoms with Crippen LogP contribution in [-0.2, 0) is 13.6 Å². The minimum absolute atomic E-state index is 0.569. The maximum atomic E-state index is 5.52. The summed E-state index contributed by atoms with van der Waals surface area (Å²) >= 11 is 0. The van der Waals surface area contributed by atoms with E-state index < -0.39 is 0 Å². The van der Waals surface area contributed by atoms with Crippen molar-refractivity contribution in [1.29, 1.82) is 0 Å². The van der Waals surface area contributed by atoms with Gasteiger partial charge in [-0.3, -0.25) is 0 Å². The fourth-order valence-electron chi connectivity index (χ4n) is 1.35. The number of aryl methyl sites for hydroxylation is 1. The normalized spacial score (nSPS) is 10.4. The van der Waals surface area contributed by atoms with E-state index in [1.54, 1.807) is 11.0 Å². The van der Waals surface area contributed by atoms with Crippen LogP contribution in [0.4, 0.5) is 0 Å². The number of nitrogens with two attached hydrogens (primary N) is 1. The molecular weight excluding hydrogens is 176 g/mol. The van der Waals surface area contributed by atoms with E-state index in [9.17, 15) is 0 Å². The van der Waals surface area contributed by atoms with Gasteiger partial charge in [-0.25, -0.2) is 9.67 Å². The van der Waals surface area contributed by atoms with Crippen molar-refractivity contribution in [2.45, 2.75) is 6.54 Å². The van der Waals surface area contributed by atoms with Crippen molar-refractivity contribution < 1.29 is 0 Å². The molecule has 0 unspecified atom stereocenters. The molecule has 0 spiro atoms. The second-order valence-electron chi connectivity index (χ2n) is 3.11. The highest BCUT2D eigenvalue weighted by atomic mass is 15.3. The third kappa shape index (κ3) is 1.52. The Kier molecular flexibility index (Phi) is 2.28. The molecule has 0 bridgehead atoms. The average Bonchev–Trinajstić information content (AvgIpc) is 2.65. The summed E-state index contributed by atoms with van der Waals surface area (Å²) in [5.74, 6) is 0.869. The highest BCUT2D eigenvalue weighted by Crippen LogP contribution is 2.15. The first kappa shape index (κ1) is 8.90. The molecule has 2 rings (SSSR count). The first-order valence-electron chi connectivity index (χ1n) is 4.44. The molecule has 0 saturated heterocycles. The Morgan fingerprint density at radius 2 is 2.00 bits per heavy atom. The number of nitrogens with zero attached hydrogens (tertiary/aromatic N) is 3. The summed E-state index contributed by atoms with van der Waals surface area (Å²) in [6.07, 6.45) is 1.55. The van der Waals surface area contributed by atoms with Crippen molar-refractivity contribution >= 4 is 0 Å². The quantitative estimate of drug-likeness (QED) is 0.763. The van der Waals surface area contributed by atoms with Crippen molar-refractivity contribution in [3.63, 3.8) is 0 Å². The van der Waals surface area contributed by atoms with E-state index in [1.807, 2.05) is 31.3 Å². The Bertz CT molecular complexity index is 416. The smallest absolute Gasteiger partial charge is 0.157 e. The lowest BCUT2D eigenvalue weighted by Gasteiger charge is -2.01. The van der Waals surface area contributed by atoms with E-state index in [4.69, 9.17) is 5.73 Å². The van der Waals surface area contributed by atoms with Crippen LogP contribution >= 0.6 is 0 Å². The van der Waals surface area contributed by atoms with Crippen LogP contribution < -0.4 is 5.73 Å². The van der Waals surface area contributed by atoms with Gasteiger partial charge in [-0.15, -0.1) is 0 Å². The van der Waals surface area contributed by atoms with E-state index >= 15 is 0 Å². The van der Waals surface area contributed by atoms with Gasteiger partial charge in [-0.1, -0.05) is 24.3 Å². The molecule has 1 aromatic carbocycles. The van der Waals surface area contributed by atoms with Crippen LogP contribution in [0.3, 0.4) is 0 Å². The van der Waals surface area contributed by atoms with Gasteiger partial charge < -0.3 is 5.73 Å². The van der Waals surface area contributed by atoms with Gasteiger partial charge in [-0.05, 0) is 5.56 Å². The molecule has 4 nitrogen and oxygen atoms in total. The van der Waals surface area contributed by atoms with E-state index in [0.29, 0.717) is 6.54 Å². The zero-order chi connectivity index (χ0) is 9.97. The largest absolute Gasteiger partial charge is 0.326 e. The van der Waals surface area contributed by atoms with Gasteiger partial charge in [0, 0.05) is 19.2 Å². The number of benzene rings is 1. The topological polar surface area (TPSA) is 56.7 Å². The highest BCUT2D eigenvalue weighted by Gasteiger charge is 2.02. The Morgan fingerprint density at radius 3 is 2.50 bits per heavy atom. The zero-order valence-corrected chi connectivity index (χ0v) is 8.01. The Morgan fingerprint density at radius 1 is 1.29 bits per heavy atom. The van der Waals surface area contributed by atoms with Crippen molar-refractivity contribution in [3.8, 4) is 11.4 Å². The van der Waals surface area contributed by atoms with E-state index in [1.165, 1.54) is 0 Å². The van der Waals surface area contributed by atoms with Crippen LogP contribution in [0.5, 0.6) is 0 Å². The summed E-state index contributed by atoms with van der Waals surface area (Å²) in [6.45, 7) is 0.569. The van der Waals surface area contributed by atoms with Crippen LogP contribution in [0.1, 0.15) is 5.56 Å². The van der Waals surface area contributed by atoms with Crippen molar-refractivity contribution in [2.24, 2.45) is 12.8 Å². The van der Waals surface area contributed by atoms with Gasteiger partial charge in [0.15, 0.2) is 5.82 Å². The maximum Gasteiger partial charge on any atom is 0.157 e. The minimum atomic E-state index is 0.569. The fourth-order valence-corrected chi connectivity index (χ4v) is 1.35. The molecular formula is C10H12N4. The molecule has 1 heterocycles. The molecule has 0 saturated carbocycles. The molecule has 0 atom stereocenters. The maximum absolute atomic E-state index is 5.52. The predicted octanol–water partition coefficient (Wildman–Crippen LogP) is 0.941. The number of aromatic nitrogens is 3. The number of rotatable bonds is 2. The summed E-state index contributed by atoms with van der Waals surface area (Å²) in [7, 11) is 1.87. The summed E-state index contributed by atoms with van der Waals surface area (Å²) < 4.78 is 1.75. The highest BCUT2D eigenvalue weighted by molar-refractivity contribution is 5.55. The van der Waals surface area contributed by atoms with Crippen LogP contribution in [-0.4, -0.2) is 14.8 Å². The molecule has 0 aliphatic rings. The van der Waals surface area contributed by atoms with E-state index in [2.05, 4.69) is 10.1 Å². The molecule has 14 heavy (non-hydrogen) atoms. The molecule has 0 radical (unpaired) electrons. The minimum Gasteiger partial charge on any atom is -0.326 e. The molecule has 72 valence electrons. The third-order valence-electron chi connectivity index (χ3n) is 2.16. The molecule has 4 heteroatoms. The van der Waals surface area contributed by atoms with Crippen LogP contribution in [0.15, 0.2) is 30.6 Å². The molecule has 1 aromatic heterocycles. The van der Waals surface area contributed by atoms with Gasteiger partial charge in [0.1, 0.15) is 6.33 Å². The third-order valence-corrected chi connectivity index (χ3v) is 2.16. The summed E-state index contributed by atoms with van der Waals surface area (Å²) in [6, 6.07) is 8.02. The lowest BCUT2D eigenvalue weighted by Crippen LogP contribution is -1.97. The first-order chi connectivity index (χ1) is 6.81. The zero-order valence-electron chi connectivity index (χ0n) is 8.01. The van der Waals surface area contributed by atoms with Crippen molar-refractivity contribution in [2.75, 3.05) is 0 Å². The van der Waals surface area contributed by atoms with E-state index in [-0.39, 0.29) is 0 Å². The Labute approximate surface area is 82.4 Å². The SMILES string of the molecule is Cn1ncnc1-c1ccc(CN)cc1. The molecule has 0 aliphatic heterocycles. The van der Waals surface area contributed by atoms with Gasteiger partial charge in [-0.2, -0.15) is 5.10 Å². The van der Waals surface area contributed by atoms with Crippen LogP contribution in [0, 0.1) is 0 Å². The second-order valence-corrected chi connectivity index (χ2v) is 3.11. The van der Waals surface area contributed by atoms with Crippen molar-refractivity contribution in [3.05, 3.63) is 36.2 Å². The standard InChI is InChI=1S/C10H12N4/c1-14-10(12-7-13-14)9-4-2-8(6-11)3-5-9/h2-5,7H,6,11H2,1H3. The lowest BCUT2D eigenvalue weighted by molar-refractivity contribution is 0.774. The number of hydrogen-bond donors (Lipinski definition) is 1. The number of hydrogen-bond acceptors (Lipinski definition) is 3. The Hall–Kier alpha value is -1.68. The summed E-state index contributed by atoms with van der Waals surface area (Å²) in [5.41, 5.74) is 7.69. The summed E-state index contributed by atoms with van der Waals surface area (Å²) in [5, 5.41) is 4.02. The van der Waals surface area contributed by atoms with Crippen LogP contribution in [0.25, 0.3) is 11.4 Å². The van der Waals surface area contributed by atoms with E-state index in [0.717, 1.165) is 17.0 Å². The molecule has 2 aromatic rings. The van der Waals surface area contributed by atoms with Gasteiger partial charge in [0.2, 0.25) is 0 Å². The second kappa shape index (κ2) is 3.59. The van der Waals surface area contributed by atoms with Crippen molar-refractivity contribution in [1.82, 2.24) is 14.8 Å². The Balaban J connectivity index is 2.39. The molecule has 0 aliphatic carbocycles. The van der Waals surface area contributed by atoms with Gasteiger partial charge in [0.25, 0.3) is 0 Å². The first-order valence-corrected chi connectivity index (χ1v) is 4.44. The van der Waals surface area contributed by atoms with Gasteiger partial charge in [0.05, 0.1) is 0 Å². The average molecular weight is 188 g/mol. The van der Waals surface area contributed by atoms with Gasteiger partial charge >= 0.3 is 0 Å². The predicted molar refractivity (Wildman–Crippen MR) is 54.3 cm³/mol. The molecule has 0 fully saturated rings. The monoisotopic (exact) mass is 188 g/mol. The lowest BCUT2D eigenvalue weighted by atomic mass is 10.1. The van der Waals surface area contributed by atoms with Crippen LogP contribution in [0.2, 0.25) is 0 Å². The molecule has 0 amide bonds. The fraction of sp³-hybridized carbons (Fsp3) is 0.200. The summed E-state index contributed by atoms with van der Waals surface area (Å²) in [4.78, 5) is 4.16. The molecule has 2 N–H and O–H groups in total.